The number of hydrogen-bond donors (Lipinski definition) is 1. The summed E-state index contributed by atoms with van der Waals surface area (Å²) in [5.74, 6) is 0.540. The molecule has 0 unspecified atom stereocenters. The van der Waals surface area contributed by atoms with E-state index in [1.54, 1.807) is 24.3 Å². The first kappa shape index (κ1) is 19.9. The fraction of sp³-hybridized carbons (Fsp3) is 0.300. The number of ether oxygens (including phenoxy) is 2. The molecular formula is C20H20N4O5. The molecule has 0 radical (unpaired) electrons. The number of anilines is 1. The van der Waals surface area contributed by atoms with Crippen LogP contribution in [-0.4, -0.2) is 28.6 Å². The van der Waals surface area contributed by atoms with Gasteiger partial charge in [0.15, 0.2) is 18.1 Å². The van der Waals surface area contributed by atoms with Gasteiger partial charge in [-0.05, 0) is 30.2 Å². The van der Waals surface area contributed by atoms with Gasteiger partial charge in [-0.2, -0.15) is 5.26 Å². The fourth-order valence-electron chi connectivity index (χ4n) is 3.12. The lowest BCUT2D eigenvalue weighted by atomic mass is 10.1. The molecule has 1 N–H and O–H groups in total. The van der Waals surface area contributed by atoms with Crippen LogP contribution in [0.2, 0.25) is 0 Å². The lowest BCUT2D eigenvalue weighted by Crippen LogP contribution is -2.40. The number of hydrogen-bond acceptors (Lipinski definition) is 7. The number of carbonyl (C=O) groups is 1. The maximum Gasteiger partial charge on any atom is 0.332 e. The molecule has 29 heavy (non-hydrogen) atoms. The van der Waals surface area contributed by atoms with Crippen molar-refractivity contribution in [2.45, 2.75) is 19.9 Å². The molecule has 2 aromatic rings. The van der Waals surface area contributed by atoms with E-state index < -0.39 is 17.0 Å². The molecule has 1 aromatic carbocycles. The number of nitriles is 1. The highest BCUT2D eigenvalue weighted by molar-refractivity contribution is 6.19. The standard InChI is InChI=1S/C20H20N4O5/c1-4-8-24-18-16(19(26)23(2)20(24)27)17(25)13(22-18)10-12-5-6-14(29-9-7-21)15(11-12)28-3/h5-6,10-11,22H,4,8-9H2,1-3H3/b13-10-. The van der Waals surface area contributed by atoms with Crippen LogP contribution in [0.5, 0.6) is 11.5 Å². The number of rotatable bonds is 6. The van der Waals surface area contributed by atoms with Crippen molar-refractivity contribution in [2.24, 2.45) is 7.05 Å². The molecule has 0 bridgehead atoms. The van der Waals surface area contributed by atoms with Crippen molar-refractivity contribution in [3.8, 4) is 17.6 Å². The van der Waals surface area contributed by atoms with Gasteiger partial charge in [0.1, 0.15) is 17.5 Å². The van der Waals surface area contributed by atoms with Gasteiger partial charge < -0.3 is 14.8 Å². The summed E-state index contributed by atoms with van der Waals surface area (Å²) >= 11 is 0. The Balaban J connectivity index is 2.05. The van der Waals surface area contributed by atoms with E-state index in [4.69, 9.17) is 14.7 Å². The summed E-state index contributed by atoms with van der Waals surface area (Å²) in [5, 5.41) is 11.6. The van der Waals surface area contributed by atoms with Gasteiger partial charge in [0.25, 0.3) is 5.56 Å². The van der Waals surface area contributed by atoms with Crippen LogP contribution in [0.3, 0.4) is 0 Å². The molecule has 9 heteroatoms. The first-order chi connectivity index (χ1) is 13.9. The van der Waals surface area contributed by atoms with Gasteiger partial charge in [0.2, 0.25) is 5.78 Å². The van der Waals surface area contributed by atoms with Crippen LogP contribution in [-0.2, 0) is 13.6 Å². The predicted molar refractivity (Wildman–Crippen MR) is 106 cm³/mol. The van der Waals surface area contributed by atoms with Crippen molar-refractivity contribution in [2.75, 3.05) is 19.0 Å². The summed E-state index contributed by atoms with van der Waals surface area (Å²) in [5.41, 5.74) is -0.349. The van der Waals surface area contributed by atoms with E-state index in [1.165, 1.54) is 18.7 Å². The zero-order valence-electron chi connectivity index (χ0n) is 16.3. The highest BCUT2D eigenvalue weighted by Gasteiger charge is 2.32. The summed E-state index contributed by atoms with van der Waals surface area (Å²) in [7, 11) is 2.82. The van der Waals surface area contributed by atoms with E-state index in [-0.39, 0.29) is 23.7 Å². The Bertz CT molecular complexity index is 1170. The Kier molecular flexibility index (Phi) is 5.54. The molecule has 0 spiro atoms. The monoisotopic (exact) mass is 396 g/mol. The molecule has 0 amide bonds. The minimum absolute atomic E-state index is 0.0484. The van der Waals surface area contributed by atoms with Crippen LogP contribution in [0.4, 0.5) is 5.82 Å². The van der Waals surface area contributed by atoms with Gasteiger partial charge in [-0.15, -0.1) is 0 Å². The Morgan fingerprint density at radius 3 is 2.66 bits per heavy atom. The van der Waals surface area contributed by atoms with Crippen LogP contribution < -0.4 is 26.0 Å². The van der Waals surface area contributed by atoms with Crippen LogP contribution >= 0.6 is 0 Å². The van der Waals surface area contributed by atoms with Crippen molar-refractivity contribution in [3.63, 3.8) is 0 Å². The highest BCUT2D eigenvalue weighted by atomic mass is 16.5. The molecule has 0 saturated heterocycles. The molecule has 9 nitrogen and oxygen atoms in total. The topological polar surface area (TPSA) is 115 Å². The number of benzene rings is 1. The molecule has 1 aliphatic rings. The van der Waals surface area contributed by atoms with Crippen molar-refractivity contribution in [1.82, 2.24) is 9.13 Å². The maximum absolute atomic E-state index is 12.9. The molecule has 3 rings (SSSR count). The smallest absolute Gasteiger partial charge is 0.332 e. The minimum Gasteiger partial charge on any atom is -0.493 e. The van der Waals surface area contributed by atoms with E-state index in [0.717, 1.165) is 4.57 Å². The Morgan fingerprint density at radius 2 is 2.00 bits per heavy atom. The first-order valence-corrected chi connectivity index (χ1v) is 8.98. The van der Waals surface area contributed by atoms with E-state index in [2.05, 4.69) is 5.32 Å². The summed E-state index contributed by atoms with van der Waals surface area (Å²) in [6, 6.07) is 6.85. The summed E-state index contributed by atoms with van der Waals surface area (Å²) in [6.45, 7) is 2.16. The fourth-order valence-corrected chi connectivity index (χ4v) is 3.12. The van der Waals surface area contributed by atoms with Crippen molar-refractivity contribution in [1.29, 1.82) is 5.26 Å². The Morgan fingerprint density at radius 1 is 1.24 bits per heavy atom. The van der Waals surface area contributed by atoms with Crippen LogP contribution in [0.25, 0.3) is 6.08 Å². The van der Waals surface area contributed by atoms with Gasteiger partial charge in [0.05, 0.1) is 12.8 Å². The highest BCUT2D eigenvalue weighted by Crippen LogP contribution is 2.31. The van der Waals surface area contributed by atoms with E-state index in [1.807, 2.05) is 13.0 Å². The van der Waals surface area contributed by atoms with Crippen LogP contribution in [0.1, 0.15) is 29.3 Å². The largest absolute Gasteiger partial charge is 0.493 e. The molecule has 1 aromatic heterocycles. The van der Waals surface area contributed by atoms with Crippen molar-refractivity contribution >= 4 is 17.7 Å². The molecular weight excluding hydrogens is 376 g/mol. The SMILES string of the molecule is CCCn1c2c(c(=O)n(C)c1=O)C(=O)/C(=C/c1ccc(OCC#N)c(OC)c1)N2. The third-order valence-electron chi connectivity index (χ3n) is 4.51. The second-order valence-corrected chi connectivity index (χ2v) is 6.39. The molecule has 1 aliphatic heterocycles. The van der Waals surface area contributed by atoms with Gasteiger partial charge in [-0.3, -0.25) is 18.7 Å². The van der Waals surface area contributed by atoms with Gasteiger partial charge in [0, 0.05) is 13.6 Å². The zero-order chi connectivity index (χ0) is 21.1. The van der Waals surface area contributed by atoms with E-state index >= 15 is 0 Å². The number of Topliss-reactive ketones (excluding diaryl/α,β-unsaturated/α-hetero) is 1. The second kappa shape index (κ2) is 8.06. The zero-order valence-corrected chi connectivity index (χ0v) is 16.3. The summed E-state index contributed by atoms with van der Waals surface area (Å²) in [6.07, 6.45) is 2.24. The first-order valence-electron chi connectivity index (χ1n) is 8.98. The molecule has 150 valence electrons. The summed E-state index contributed by atoms with van der Waals surface area (Å²) in [4.78, 5) is 37.8. The lowest BCUT2D eigenvalue weighted by molar-refractivity contribution is 0.104. The van der Waals surface area contributed by atoms with E-state index in [0.29, 0.717) is 30.0 Å². The number of fused-ring (bicyclic) bond motifs is 1. The minimum atomic E-state index is -0.629. The van der Waals surface area contributed by atoms with Gasteiger partial charge >= 0.3 is 5.69 Å². The Hall–Kier alpha value is -3.80. The van der Waals surface area contributed by atoms with Gasteiger partial charge in [-0.1, -0.05) is 13.0 Å². The summed E-state index contributed by atoms with van der Waals surface area (Å²) < 4.78 is 12.9. The Labute approximate surface area is 166 Å². The number of nitrogens with zero attached hydrogens (tertiary/aromatic N) is 3. The normalized spacial score (nSPS) is 13.7. The average molecular weight is 396 g/mol. The number of nitrogens with one attached hydrogen (secondary N) is 1. The van der Waals surface area contributed by atoms with E-state index in [9.17, 15) is 14.4 Å². The van der Waals surface area contributed by atoms with Crippen molar-refractivity contribution in [3.05, 3.63) is 55.9 Å². The quantitative estimate of drug-likeness (QED) is 0.736. The number of methoxy groups -OCH3 is 1. The number of ketones is 1. The van der Waals surface area contributed by atoms with Crippen molar-refractivity contribution < 1.29 is 14.3 Å². The molecule has 0 aliphatic carbocycles. The molecule has 0 atom stereocenters. The number of aromatic nitrogens is 2. The predicted octanol–water partition coefficient (Wildman–Crippen LogP) is 1.52. The van der Waals surface area contributed by atoms with Crippen LogP contribution in [0.15, 0.2) is 33.5 Å². The molecule has 2 heterocycles. The number of allylic oxidation sites excluding steroid dienone is 1. The number of carbonyl (C=O) groups excluding carboxylic acids is 1. The second-order valence-electron chi connectivity index (χ2n) is 6.39. The molecule has 0 saturated carbocycles. The lowest BCUT2D eigenvalue weighted by Gasteiger charge is -2.11. The third kappa shape index (κ3) is 3.52. The third-order valence-corrected chi connectivity index (χ3v) is 4.51. The van der Waals surface area contributed by atoms with Gasteiger partial charge in [-0.25, -0.2) is 4.79 Å². The molecule has 0 fully saturated rings. The van der Waals surface area contributed by atoms with Crippen LogP contribution in [0, 0.1) is 11.3 Å². The maximum atomic E-state index is 12.9. The average Bonchev–Trinajstić information content (AvgIpc) is 3.04.